The maximum atomic E-state index is 14.7. The quantitative estimate of drug-likeness (QED) is 0.164. The van der Waals surface area contributed by atoms with Gasteiger partial charge in [-0.2, -0.15) is 0 Å². The van der Waals surface area contributed by atoms with Crippen LogP contribution in [0.3, 0.4) is 0 Å². The summed E-state index contributed by atoms with van der Waals surface area (Å²) < 4.78 is 35.6. The Kier molecular flexibility index (Phi) is 11.1. The predicted octanol–water partition coefficient (Wildman–Crippen LogP) is 5.51. The van der Waals surface area contributed by atoms with Crippen LogP contribution in [0.4, 0.5) is 4.79 Å². The summed E-state index contributed by atoms with van der Waals surface area (Å²) in [5.41, 5.74) is -0.433. The summed E-state index contributed by atoms with van der Waals surface area (Å²) in [6, 6.07) is 9.04. The molecule has 5 atom stereocenters. The lowest BCUT2D eigenvalue weighted by Gasteiger charge is -2.35. The number of carbonyl (C=O) groups excluding carboxylic acids is 4. The third-order valence-corrected chi connectivity index (χ3v) is 12.8. The number of ether oxygens (including phenoxy) is 2. The van der Waals surface area contributed by atoms with Crippen molar-refractivity contribution in [3.8, 4) is 16.5 Å². The Balaban J connectivity index is 1.19. The minimum Gasteiger partial charge on any atom is -0.471 e. The fourth-order valence-corrected chi connectivity index (χ4v) is 9.44. The summed E-state index contributed by atoms with van der Waals surface area (Å²) in [5, 5.41) is 10.0. The van der Waals surface area contributed by atoms with Crippen LogP contribution in [-0.4, -0.2) is 88.3 Å². The first-order valence-corrected chi connectivity index (χ1v) is 21.1. The maximum Gasteiger partial charge on any atom is 0.435 e. The molecule has 17 heteroatoms. The molecular weight excluding hydrogens is 747 g/mol. The van der Waals surface area contributed by atoms with Crippen LogP contribution in [-0.2, 0) is 32.7 Å². The summed E-state index contributed by atoms with van der Waals surface area (Å²) in [5.74, 6) is -2.01. The first-order valence-electron chi connectivity index (χ1n) is 18.7. The van der Waals surface area contributed by atoms with Gasteiger partial charge >= 0.3 is 13.8 Å². The number of hydrogen-bond acceptors (Lipinski definition) is 12. The van der Waals surface area contributed by atoms with Crippen molar-refractivity contribution in [3.63, 3.8) is 0 Å². The van der Waals surface area contributed by atoms with E-state index in [2.05, 4.69) is 15.7 Å². The first-order chi connectivity index (χ1) is 26.3. The van der Waals surface area contributed by atoms with Gasteiger partial charge in [0.25, 0.3) is 5.91 Å². The van der Waals surface area contributed by atoms with Crippen molar-refractivity contribution in [1.29, 1.82) is 0 Å². The number of allylic oxidation sites excluding steroid dienone is 1. The van der Waals surface area contributed by atoms with Crippen molar-refractivity contribution in [3.05, 3.63) is 53.9 Å². The number of benzene rings is 1. The van der Waals surface area contributed by atoms with Crippen LogP contribution in [0, 0.1) is 11.3 Å². The zero-order valence-electron chi connectivity index (χ0n) is 31.3. The van der Waals surface area contributed by atoms with E-state index < -0.39 is 66.6 Å². The van der Waals surface area contributed by atoms with E-state index in [0.717, 1.165) is 30.6 Å². The highest BCUT2D eigenvalue weighted by Crippen LogP contribution is 2.52. The van der Waals surface area contributed by atoms with Crippen LogP contribution in [0.1, 0.15) is 66.2 Å². The van der Waals surface area contributed by atoms with Crippen molar-refractivity contribution < 1.29 is 42.3 Å². The number of hydrogen-bond donors (Lipinski definition) is 3. The molecule has 0 spiro atoms. The number of fused-ring (bicyclic) bond motifs is 1. The molecule has 1 aromatic carbocycles. The van der Waals surface area contributed by atoms with Crippen LogP contribution in [0.25, 0.3) is 21.6 Å². The predicted molar refractivity (Wildman–Crippen MR) is 204 cm³/mol. The Morgan fingerprint density at radius 3 is 2.40 bits per heavy atom. The maximum absolute atomic E-state index is 14.7. The number of amides is 4. The molecule has 4 fully saturated rings. The van der Waals surface area contributed by atoms with E-state index in [-0.39, 0.29) is 44.6 Å². The Hall–Kier alpha value is -4.37. The third kappa shape index (κ3) is 8.42. The zero-order chi connectivity index (χ0) is 39.0. The number of carbonyl (C=O) groups is 4. The van der Waals surface area contributed by atoms with Crippen LogP contribution in [0.5, 0.6) is 5.88 Å². The number of aromatic nitrogens is 2. The average molecular weight is 795 g/mol. The van der Waals surface area contributed by atoms with Crippen molar-refractivity contribution in [2.75, 3.05) is 19.8 Å². The summed E-state index contributed by atoms with van der Waals surface area (Å²) in [4.78, 5) is 68.0. The van der Waals surface area contributed by atoms with Crippen LogP contribution in [0.2, 0.25) is 0 Å². The molecule has 15 nitrogen and oxygen atoms in total. The Bertz CT molecular complexity index is 2010. The lowest BCUT2D eigenvalue weighted by molar-refractivity contribution is -0.143. The van der Waals surface area contributed by atoms with Gasteiger partial charge in [-0.15, -0.1) is 11.3 Å². The van der Waals surface area contributed by atoms with Crippen molar-refractivity contribution in [2.45, 2.75) is 96.1 Å². The average Bonchev–Trinajstić information content (AvgIpc) is 3.79. The third-order valence-electron chi connectivity index (χ3n) is 10.4. The SMILES string of the molecule is C/C=C\C1C[C@]1(NC(=O)[C@@H]1C[C@@H](Oc2nc3ccccc3nc2-c2cccs2)CN1C(=O)[C@@H](NC(=O)OC1CCCC1)C(C)(C)C)C(=O)NP1(=O)OCCO1. The van der Waals surface area contributed by atoms with Gasteiger partial charge in [0.2, 0.25) is 17.7 Å². The molecule has 3 N–H and O–H groups in total. The number of para-hydroxylation sites is 2. The molecule has 4 aliphatic rings. The molecule has 2 aromatic heterocycles. The van der Waals surface area contributed by atoms with Gasteiger partial charge in [-0.3, -0.25) is 28.5 Å². The molecular formula is C38H47N6O9PS. The molecule has 2 saturated heterocycles. The smallest absolute Gasteiger partial charge is 0.435 e. The van der Waals surface area contributed by atoms with Gasteiger partial charge in [0.1, 0.15) is 35.5 Å². The lowest BCUT2D eigenvalue weighted by atomic mass is 9.85. The fraction of sp³-hybridized carbons (Fsp3) is 0.526. The van der Waals surface area contributed by atoms with Crippen molar-refractivity contribution in [2.24, 2.45) is 11.3 Å². The van der Waals surface area contributed by atoms with Gasteiger partial charge in [0, 0.05) is 12.3 Å². The van der Waals surface area contributed by atoms with E-state index in [1.165, 1.54) is 16.2 Å². The molecule has 0 bridgehead atoms. The Morgan fingerprint density at radius 2 is 1.75 bits per heavy atom. The summed E-state index contributed by atoms with van der Waals surface area (Å²) in [6.07, 6.45) is 5.62. The van der Waals surface area contributed by atoms with Gasteiger partial charge in [0.05, 0.1) is 35.7 Å². The fourth-order valence-electron chi connectivity index (χ4n) is 7.45. The van der Waals surface area contributed by atoms with E-state index in [4.69, 9.17) is 28.5 Å². The largest absolute Gasteiger partial charge is 0.471 e. The molecule has 2 saturated carbocycles. The first kappa shape index (κ1) is 38.9. The molecule has 4 heterocycles. The second-order valence-corrected chi connectivity index (χ2v) is 18.2. The lowest BCUT2D eigenvalue weighted by Crippen LogP contribution is -2.59. The number of likely N-dealkylation sites (tertiary alicyclic amines) is 1. The highest BCUT2D eigenvalue weighted by Gasteiger charge is 2.62. The van der Waals surface area contributed by atoms with Crippen LogP contribution >= 0.6 is 19.1 Å². The number of rotatable bonds is 11. The number of alkyl carbamates (subject to hydrolysis) is 1. The Morgan fingerprint density at radius 1 is 1.04 bits per heavy atom. The van der Waals surface area contributed by atoms with E-state index in [1.54, 1.807) is 19.1 Å². The highest BCUT2D eigenvalue weighted by molar-refractivity contribution is 7.52. The van der Waals surface area contributed by atoms with E-state index in [1.807, 2.05) is 62.5 Å². The topological polar surface area (TPSA) is 187 Å². The minimum absolute atomic E-state index is 0.0321. The highest BCUT2D eigenvalue weighted by atomic mass is 32.1. The van der Waals surface area contributed by atoms with Gasteiger partial charge in [-0.05, 0) is 68.0 Å². The molecule has 1 unspecified atom stereocenters. The summed E-state index contributed by atoms with van der Waals surface area (Å²) >= 11 is 1.48. The standard InChI is InChI=1S/C38H47N6O9PS/c1-5-11-23-21-38(23,35(47)43-54(49)50-17-18-51-54)42-32(45)28-20-25(52-33-30(29-16-10-19-55-29)39-26-14-8-9-15-27(26)40-33)22-44(28)34(46)31(37(2,3)4)41-36(48)53-24-12-6-7-13-24/h5,8-11,14-16,19,23-25,28,31H,6-7,12-13,17-18,20-22H2,1-4H3,(H,41,48)(H,42,45)(H,43,47,49)/b11-5-/t23?,25-,28+,31-,38-/m1/s1. The molecule has 3 aromatic rings. The van der Waals surface area contributed by atoms with E-state index in [9.17, 15) is 23.7 Å². The van der Waals surface area contributed by atoms with Gasteiger partial charge in [0.15, 0.2) is 0 Å². The molecule has 2 aliphatic carbocycles. The van der Waals surface area contributed by atoms with Crippen molar-refractivity contribution in [1.82, 2.24) is 30.6 Å². The van der Waals surface area contributed by atoms with Gasteiger partial charge < -0.3 is 25.0 Å². The molecule has 294 valence electrons. The Labute approximate surface area is 323 Å². The summed E-state index contributed by atoms with van der Waals surface area (Å²) in [7, 11) is -3.90. The van der Waals surface area contributed by atoms with Gasteiger partial charge in [-0.25, -0.2) is 19.3 Å². The number of nitrogens with zero attached hydrogens (tertiary/aromatic N) is 3. The van der Waals surface area contributed by atoms with E-state index in [0.29, 0.717) is 16.7 Å². The zero-order valence-corrected chi connectivity index (χ0v) is 33.0. The molecule has 2 aliphatic heterocycles. The van der Waals surface area contributed by atoms with Gasteiger partial charge in [-0.1, -0.05) is 51.1 Å². The van der Waals surface area contributed by atoms with Crippen LogP contribution < -0.4 is 20.5 Å². The van der Waals surface area contributed by atoms with Crippen molar-refractivity contribution >= 4 is 53.9 Å². The van der Waals surface area contributed by atoms with Crippen LogP contribution in [0.15, 0.2) is 53.9 Å². The molecule has 55 heavy (non-hydrogen) atoms. The second kappa shape index (κ2) is 15.6. The monoisotopic (exact) mass is 794 g/mol. The molecule has 0 radical (unpaired) electrons. The van der Waals surface area contributed by atoms with E-state index >= 15 is 0 Å². The molecule has 4 amide bonds. The normalized spacial score (nSPS) is 25.5. The minimum atomic E-state index is -3.90. The number of thiophene rings is 1. The summed E-state index contributed by atoms with van der Waals surface area (Å²) in [6.45, 7) is 7.35. The second-order valence-electron chi connectivity index (χ2n) is 15.5. The molecule has 7 rings (SSSR count). The number of nitrogens with one attached hydrogen (secondary N) is 3.